The molecule has 0 radical (unpaired) electrons. The monoisotopic (exact) mass is 220 g/mol. The number of allylic oxidation sites excluding steroid dienone is 8. The SMILES string of the molecule is C=CC(C=C)=C(/C=C\C)/C=C\C.CC.CC. The zero-order valence-electron chi connectivity index (χ0n) is 11.9. The minimum atomic E-state index is 1.06. The van der Waals surface area contributed by atoms with E-state index >= 15 is 0 Å². The van der Waals surface area contributed by atoms with E-state index in [2.05, 4.69) is 13.2 Å². The highest BCUT2D eigenvalue weighted by Crippen LogP contribution is 2.10. The van der Waals surface area contributed by atoms with Crippen molar-refractivity contribution in [2.24, 2.45) is 0 Å². The van der Waals surface area contributed by atoms with E-state index in [4.69, 9.17) is 0 Å². The van der Waals surface area contributed by atoms with Gasteiger partial charge in [0.25, 0.3) is 0 Å². The van der Waals surface area contributed by atoms with Crippen LogP contribution in [0.25, 0.3) is 0 Å². The molecule has 0 spiro atoms. The Labute approximate surface area is 103 Å². The summed E-state index contributed by atoms with van der Waals surface area (Å²) in [4.78, 5) is 0. The molecule has 0 unspecified atom stereocenters. The first kappa shape index (κ1) is 20.2. The van der Waals surface area contributed by atoms with E-state index in [1.54, 1.807) is 0 Å². The molecule has 0 bridgehead atoms. The average molecular weight is 220 g/mol. The number of hydrogen-bond donors (Lipinski definition) is 0. The molecule has 92 valence electrons. The summed E-state index contributed by atoms with van der Waals surface area (Å²) in [5.41, 5.74) is 2.20. The van der Waals surface area contributed by atoms with Crippen molar-refractivity contribution in [3.05, 3.63) is 60.8 Å². The van der Waals surface area contributed by atoms with Gasteiger partial charge < -0.3 is 0 Å². The summed E-state index contributed by atoms with van der Waals surface area (Å²) in [5, 5.41) is 0. The minimum absolute atomic E-state index is 1.06. The molecule has 0 aliphatic rings. The van der Waals surface area contributed by atoms with Crippen LogP contribution in [0.5, 0.6) is 0 Å². The molecule has 0 aromatic rings. The second-order valence-electron chi connectivity index (χ2n) is 2.32. The zero-order valence-corrected chi connectivity index (χ0v) is 11.9. The van der Waals surface area contributed by atoms with Crippen LogP contribution in [-0.4, -0.2) is 0 Å². The molecule has 0 aliphatic carbocycles. The van der Waals surface area contributed by atoms with Crippen molar-refractivity contribution < 1.29 is 0 Å². The lowest BCUT2D eigenvalue weighted by Gasteiger charge is -1.98. The molecular formula is C16H28. The fraction of sp³-hybridized carbons (Fsp3) is 0.375. The van der Waals surface area contributed by atoms with Crippen LogP contribution in [0.15, 0.2) is 60.8 Å². The number of hydrogen-bond acceptors (Lipinski definition) is 0. The van der Waals surface area contributed by atoms with E-state index in [0.717, 1.165) is 11.1 Å². The molecule has 0 N–H and O–H groups in total. The molecule has 0 aliphatic heterocycles. The molecule has 0 saturated heterocycles. The smallest absolute Gasteiger partial charge is 0.0191 e. The molecule has 0 saturated carbocycles. The maximum absolute atomic E-state index is 3.72. The van der Waals surface area contributed by atoms with Crippen LogP contribution in [0.2, 0.25) is 0 Å². The van der Waals surface area contributed by atoms with Gasteiger partial charge in [-0.05, 0) is 25.0 Å². The van der Waals surface area contributed by atoms with Crippen LogP contribution in [0.1, 0.15) is 41.5 Å². The number of rotatable bonds is 4. The van der Waals surface area contributed by atoms with Crippen LogP contribution in [0.4, 0.5) is 0 Å². The summed E-state index contributed by atoms with van der Waals surface area (Å²) >= 11 is 0. The lowest BCUT2D eigenvalue weighted by atomic mass is 10.1. The second kappa shape index (κ2) is 19.3. The summed E-state index contributed by atoms with van der Waals surface area (Å²) in [6.45, 7) is 19.4. The van der Waals surface area contributed by atoms with Gasteiger partial charge >= 0.3 is 0 Å². The van der Waals surface area contributed by atoms with Gasteiger partial charge in [0, 0.05) is 0 Å². The van der Waals surface area contributed by atoms with Crippen molar-refractivity contribution in [2.75, 3.05) is 0 Å². The van der Waals surface area contributed by atoms with E-state index in [1.165, 1.54) is 0 Å². The van der Waals surface area contributed by atoms with Gasteiger partial charge in [0.2, 0.25) is 0 Å². The predicted octanol–water partition coefficient (Wildman–Crippen LogP) is 5.86. The Kier molecular flexibility index (Phi) is 24.3. The topological polar surface area (TPSA) is 0 Å². The van der Waals surface area contributed by atoms with Crippen LogP contribution < -0.4 is 0 Å². The second-order valence-corrected chi connectivity index (χ2v) is 2.32. The van der Waals surface area contributed by atoms with Crippen molar-refractivity contribution in [1.29, 1.82) is 0 Å². The summed E-state index contributed by atoms with van der Waals surface area (Å²) in [5.74, 6) is 0. The highest BCUT2D eigenvalue weighted by atomic mass is 14.0. The van der Waals surface area contributed by atoms with E-state index in [1.807, 2.05) is 78.0 Å². The largest absolute Gasteiger partial charge is 0.0984 e. The van der Waals surface area contributed by atoms with Crippen LogP contribution in [0.3, 0.4) is 0 Å². The molecule has 0 rings (SSSR count). The molecule has 0 nitrogen and oxygen atoms in total. The zero-order chi connectivity index (χ0) is 13.4. The van der Waals surface area contributed by atoms with Gasteiger partial charge in [-0.1, -0.05) is 77.3 Å². The predicted molar refractivity (Wildman–Crippen MR) is 79.7 cm³/mol. The summed E-state index contributed by atoms with van der Waals surface area (Å²) < 4.78 is 0. The third-order valence-electron chi connectivity index (χ3n) is 1.47. The lowest BCUT2D eigenvalue weighted by Crippen LogP contribution is -1.78. The minimum Gasteiger partial charge on any atom is -0.0984 e. The van der Waals surface area contributed by atoms with Crippen molar-refractivity contribution >= 4 is 0 Å². The molecule has 0 atom stereocenters. The Morgan fingerprint density at radius 3 is 1.19 bits per heavy atom. The van der Waals surface area contributed by atoms with E-state index in [0.29, 0.717) is 0 Å². The molecular weight excluding hydrogens is 192 g/mol. The van der Waals surface area contributed by atoms with Crippen molar-refractivity contribution in [3.8, 4) is 0 Å². The summed E-state index contributed by atoms with van der Waals surface area (Å²) in [6.07, 6.45) is 11.7. The van der Waals surface area contributed by atoms with E-state index in [-0.39, 0.29) is 0 Å². The normalized spacial score (nSPS) is 8.62. The van der Waals surface area contributed by atoms with Gasteiger partial charge in [-0.25, -0.2) is 0 Å². The fourth-order valence-corrected chi connectivity index (χ4v) is 0.926. The van der Waals surface area contributed by atoms with Gasteiger partial charge in [-0.3, -0.25) is 0 Å². The molecule has 0 amide bonds. The fourth-order valence-electron chi connectivity index (χ4n) is 0.926. The standard InChI is InChI=1S/C12H16.2C2H6/c1-5-9-12(10-6-2)11(7-3)8-4;2*1-2/h5-10H,3-4H2,1-2H3;2*1-2H3/b9-5-,10-6-;;. The summed E-state index contributed by atoms with van der Waals surface area (Å²) in [7, 11) is 0. The Bertz CT molecular complexity index is 213. The van der Waals surface area contributed by atoms with Crippen LogP contribution in [-0.2, 0) is 0 Å². The Balaban J connectivity index is -0.000000376. The Hall–Kier alpha value is -1.30. The van der Waals surface area contributed by atoms with E-state index < -0.39 is 0 Å². The molecule has 0 heterocycles. The van der Waals surface area contributed by atoms with Crippen molar-refractivity contribution in [1.82, 2.24) is 0 Å². The third-order valence-corrected chi connectivity index (χ3v) is 1.47. The lowest BCUT2D eigenvalue weighted by molar-refractivity contribution is 1.50. The van der Waals surface area contributed by atoms with E-state index in [9.17, 15) is 0 Å². The van der Waals surface area contributed by atoms with Gasteiger partial charge in [-0.15, -0.1) is 0 Å². The quantitative estimate of drug-likeness (QED) is 0.520. The van der Waals surface area contributed by atoms with Gasteiger partial charge in [-0.2, -0.15) is 0 Å². The first-order valence-electron chi connectivity index (χ1n) is 6.04. The Morgan fingerprint density at radius 1 is 0.688 bits per heavy atom. The maximum Gasteiger partial charge on any atom is -0.0191 e. The summed E-state index contributed by atoms with van der Waals surface area (Å²) in [6, 6.07) is 0. The molecule has 0 heteroatoms. The van der Waals surface area contributed by atoms with Gasteiger partial charge in [0.1, 0.15) is 0 Å². The van der Waals surface area contributed by atoms with Gasteiger partial charge in [0.05, 0.1) is 0 Å². The average Bonchev–Trinajstić information content (AvgIpc) is 2.36. The van der Waals surface area contributed by atoms with Gasteiger partial charge in [0.15, 0.2) is 0 Å². The molecule has 16 heavy (non-hydrogen) atoms. The first-order chi connectivity index (χ1) is 7.79. The first-order valence-corrected chi connectivity index (χ1v) is 6.04. The highest BCUT2D eigenvalue weighted by Gasteiger charge is 1.90. The molecule has 0 aromatic carbocycles. The highest BCUT2D eigenvalue weighted by molar-refractivity contribution is 5.45. The van der Waals surface area contributed by atoms with Crippen molar-refractivity contribution in [2.45, 2.75) is 41.5 Å². The van der Waals surface area contributed by atoms with Crippen molar-refractivity contribution in [3.63, 3.8) is 0 Å². The third kappa shape index (κ3) is 10.8. The maximum atomic E-state index is 3.72. The van der Waals surface area contributed by atoms with Crippen LogP contribution in [0, 0.1) is 0 Å². The molecule has 0 fully saturated rings. The molecule has 0 aromatic heterocycles. The van der Waals surface area contributed by atoms with Crippen LogP contribution >= 0.6 is 0 Å². The Morgan fingerprint density at radius 2 is 1.00 bits per heavy atom.